The molecule has 0 aliphatic heterocycles. The molecule has 0 radical (unpaired) electrons. The lowest BCUT2D eigenvalue weighted by Gasteiger charge is -2.29. The highest BCUT2D eigenvalue weighted by Crippen LogP contribution is 2.55. The van der Waals surface area contributed by atoms with Gasteiger partial charge in [0.25, 0.3) is 0 Å². The second kappa shape index (κ2) is 24.3. The lowest BCUT2D eigenvalue weighted by molar-refractivity contribution is 0.660. The predicted octanol–water partition coefficient (Wildman–Crippen LogP) is 29.1. The number of nitrogens with zero attached hydrogens (tertiary/aromatic N) is 2. The molecule has 0 spiro atoms. The lowest BCUT2D eigenvalue weighted by Crippen LogP contribution is -2.16. The van der Waals surface area contributed by atoms with Crippen molar-refractivity contribution in [3.8, 4) is 89.0 Å². The van der Waals surface area contributed by atoms with Gasteiger partial charge in [-0.25, -0.2) is 0 Å². The van der Waals surface area contributed by atoms with Crippen LogP contribution in [0.1, 0.15) is 49.9 Å². The normalized spacial score (nSPS) is 13.2. The first-order chi connectivity index (χ1) is 51.0. The number of rotatable bonds is 12. The highest BCUT2D eigenvalue weighted by atomic mass is 32.1. The van der Waals surface area contributed by atoms with E-state index in [1.165, 1.54) is 162 Å². The maximum absolute atomic E-state index is 2.46. The monoisotopic (exact) mass is 1360 g/mol. The zero-order chi connectivity index (χ0) is 69.4. The third-order valence-electron chi connectivity index (χ3n) is 22.5. The van der Waals surface area contributed by atoms with E-state index >= 15 is 0 Å². The number of fused-ring (bicyclic) bond motifs is 13. The Hall–Kier alpha value is -12.2. The van der Waals surface area contributed by atoms with Gasteiger partial charge in [-0.2, -0.15) is 0 Å². The van der Waals surface area contributed by atoms with Crippen molar-refractivity contribution in [1.29, 1.82) is 0 Å². The summed E-state index contributed by atoms with van der Waals surface area (Å²) in [6, 6.07) is 132. The summed E-state index contributed by atoms with van der Waals surface area (Å²) in [6.45, 7) is 9.58. The van der Waals surface area contributed by atoms with E-state index in [1.54, 1.807) is 0 Å². The molecule has 2 aromatic heterocycles. The fourth-order valence-electron chi connectivity index (χ4n) is 17.0. The van der Waals surface area contributed by atoms with Crippen LogP contribution >= 0.6 is 22.7 Å². The molecule has 18 aromatic rings. The summed E-state index contributed by atoms with van der Waals surface area (Å²) in [6.07, 6.45) is 0. The molecule has 0 atom stereocenters. The molecule has 0 amide bonds. The fourth-order valence-corrected chi connectivity index (χ4v) is 19.1. The molecule has 104 heavy (non-hydrogen) atoms. The van der Waals surface area contributed by atoms with Gasteiger partial charge >= 0.3 is 0 Å². The summed E-state index contributed by atoms with van der Waals surface area (Å²) in [5, 5.41) is 7.69. The first-order valence-corrected chi connectivity index (χ1v) is 37.7. The van der Waals surface area contributed by atoms with Gasteiger partial charge in [0.15, 0.2) is 0 Å². The minimum absolute atomic E-state index is 0.208. The minimum atomic E-state index is -0.262. The largest absolute Gasteiger partial charge is 0.310 e. The first-order valence-electron chi connectivity index (χ1n) is 36.1. The van der Waals surface area contributed by atoms with Crippen LogP contribution in [0.2, 0.25) is 0 Å². The van der Waals surface area contributed by atoms with Crippen LogP contribution in [-0.4, -0.2) is 0 Å². The number of anilines is 6. The molecule has 0 bridgehead atoms. The van der Waals surface area contributed by atoms with E-state index in [-0.39, 0.29) is 10.8 Å². The minimum Gasteiger partial charge on any atom is -0.310 e. The Morgan fingerprint density at radius 2 is 0.510 bits per heavy atom. The van der Waals surface area contributed by atoms with E-state index in [2.05, 4.69) is 389 Å². The zero-order valence-electron chi connectivity index (χ0n) is 58.2. The fraction of sp³-hybridized carbons (Fsp3) is 0.0600. The summed E-state index contributed by atoms with van der Waals surface area (Å²) in [4.78, 5) is 4.89. The summed E-state index contributed by atoms with van der Waals surface area (Å²) in [7, 11) is 0. The molecular formula is C100H70N2S2. The standard InChI is InChI=1S/C100H70N2S2/c1-99(2)90-59-74(63-16-6-5-7-17-63)38-50-82(90)84-52-48-79(61-92(84)99)101(77-44-34-67(35-45-77)72-40-54-97-88(57-72)86-23-10-12-26-95(86)103-97)76-42-32-65(33-43-76)64-28-30-66(31-29-64)70-20-14-21-71(56-70)75-39-51-83-85-53-49-80(62-93(85)100(3,4)91(83)60-75)102(94-25-15-19-69-18-8-9-22-81(69)94)78-46-36-68(37-47-78)73-41-55-98-89(58-73)87-24-11-13-27-96(87)104-98/h5-62H,1-4H3. The number of hydrogen-bond donors (Lipinski definition) is 0. The maximum Gasteiger partial charge on any atom is 0.0540 e. The van der Waals surface area contributed by atoms with Gasteiger partial charge < -0.3 is 9.80 Å². The Bertz CT molecular complexity index is 6450. The van der Waals surface area contributed by atoms with Gasteiger partial charge in [-0.3, -0.25) is 0 Å². The third-order valence-corrected chi connectivity index (χ3v) is 24.8. The van der Waals surface area contributed by atoms with Gasteiger partial charge in [0.2, 0.25) is 0 Å². The van der Waals surface area contributed by atoms with Crippen LogP contribution in [0.25, 0.3) is 140 Å². The second-order valence-electron chi connectivity index (χ2n) is 29.2. The maximum atomic E-state index is 2.46. The smallest absolute Gasteiger partial charge is 0.0540 e. The van der Waals surface area contributed by atoms with Crippen LogP contribution < -0.4 is 9.80 Å². The molecule has 0 N–H and O–H groups in total. The first kappa shape index (κ1) is 61.7. The SMILES string of the molecule is CC1(C)c2cc(-c3ccccc3)ccc2-c2ccc(N(c3ccc(-c4ccc(-c5cccc(-c6ccc7c(c6)C(C)(C)c6cc(N(c8ccc(-c9ccc%10sc%11ccccc%11c%10c9)cc8)c8cccc9ccccc89)ccc6-7)c5)cc4)cc3)c3ccc(-c4ccc5sc6ccccc6c5c4)cc3)cc21. The van der Waals surface area contributed by atoms with Crippen LogP contribution in [-0.2, 0) is 10.8 Å². The Balaban J connectivity index is 0.585. The van der Waals surface area contributed by atoms with Crippen LogP contribution in [0.3, 0.4) is 0 Å². The van der Waals surface area contributed by atoms with Gasteiger partial charge in [0.05, 0.1) is 5.69 Å². The number of hydrogen-bond acceptors (Lipinski definition) is 4. The van der Waals surface area contributed by atoms with Gasteiger partial charge in [0.1, 0.15) is 0 Å². The molecule has 0 saturated heterocycles. The van der Waals surface area contributed by atoms with Crippen molar-refractivity contribution >= 4 is 108 Å². The van der Waals surface area contributed by atoms with Crippen molar-refractivity contribution in [2.75, 3.05) is 9.80 Å². The average molecular weight is 1360 g/mol. The molecule has 492 valence electrons. The van der Waals surface area contributed by atoms with Crippen LogP contribution in [0.15, 0.2) is 352 Å². The molecule has 0 fully saturated rings. The number of benzene rings is 16. The summed E-state index contributed by atoms with van der Waals surface area (Å²) < 4.78 is 5.28. The molecule has 2 aliphatic rings. The molecule has 0 saturated carbocycles. The van der Waals surface area contributed by atoms with Crippen LogP contribution in [0.5, 0.6) is 0 Å². The summed E-state index contributed by atoms with van der Waals surface area (Å²) in [5.74, 6) is 0. The van der Waals surface area contributed by atoms with Crippen LogP contribution in [0.4, 0.5) is 34.1 Å². The van der Waals surface area contributed by atoms with E-state index in [1.807, 2.05) is 22.7 Å². The molecule has 2 nitrogen and oxygen atoms in total. The van der Waals surface area contributed by atoms with Gasteiger partial charge in [-0.05, 0) is 238 Å². The topological polar surface area (TPSA) is 6.48 Å². The molecule has 2 heterocycles. The van der Waals surface area contributed by atoms with Crippen molar-refractivity contribution in [3.63, 3.8) is 0 Å². The second-order valence-corrected chi connectivity index (χ2v) is 31.4. The summed E-state index contributed by atoms with van der Waals surface area (Å²) >= 11 is 3.73. The third kappa shape index (κ3) is 10.3. The Kier molecular flexibility index (Phi) is 14.4. The Morgan fingerprint density at radius 1 is 0.202 bits per heavy atom. The Labute approximate surface area is 615 Å². The van der Waals surface area contributed by atoms with Gasteiger partial charge in [0, 0.05) is 85.0 Å². The molecule has 4 heteroatoms. The van der Waals surface area contributed by atoms with Crippen molar-refractivity contribution in [3.05, 3.63) is 374 Å². The highest BCUT2D eigenvalue weighted by Gasteiger charge is 2.38. The molecule has 2 aliphatic carbocycles. The molecule has 16 aromatic carbocycles. The van der Waals surface area contributed by atoms with E-state index in [0.29, 0.717) is 0 Å². The van der Waals surface area contributed by atoms with Gasteiger partial charge in [-0.1, -0.05) is 258 Å². The van der Waals surface area contributed by atoms with Crippen molar-refractivity contribution in [1.82, 2.24) is 0 Å². The van der Waals surface area contributed by atoms with Crippen molar-refractivity contribution in [2.24, 2.45) is 0 Å². The molecule has 0 unspecified atom stereocenters. The van der Waals surface area contributed by atoms with Crippen molar-refractivity contribution in [2.45, 2.75) is 38.5 Å². The highest BCUT2D eigenvalue weighted by molar-refractivity contribution is 7.26. The van der Waals surface area contributed by atoms with Crippen molar-refractivity contribution < 1.29 is 0 Å². The van der Waals surface area contributed by atoms with E-state index in [0.717, 1.165) is 34.1 Å². The van der Waals surface area contributed by atoms with E-state index in [4.69, 9.17) is 0 Å². The molecular weight excluding hydrogens is 1290 g/mol. The van der Waals surface area contributed by atoms with Crippen LogP contribution in [0, 0.1) is 0 Å². The zero-order valence-corrected chi connectivity index (χ0v) is 59.8. The summed E-state index contributed by atoms with van der Waals surface area (Å²) in [5.41, 5.74) is 31.3. The Morgan fingerprint density at radius 3 is 1.03 bits per heavy atom. The predicted molar refractivity (Wildman–Crippen MR) is 447 cm³/mol. The van der Waals surface area contributed by atoms with Gasteiger partial charge in [-0.15, -0.1) is 22.7 Å². The quantitative estimate of drug-likeness (QED) is 0.120. The number of thiophene rings is 2. The molecule has 20 rings (SSSR count). The van der Waals surface area contributed by atoms with E-state index < -0.39 is 0 Å². The lowest BCUT2D eigenvalue weighted by atomic mass is 9.81. The van der Waals surface area contributed by atoms with E-state index in [9.17, 15) is 0 Å². The average Bonchev–Trinajstić information content (AvgIpc) is 1.57.